The van der Waals surface area contributed by atoms with Gasteiger partial charge in [-0.2, -0.15) is 16.7 Å². The Morgan fingerprint density at radius 1 is 1.53 bits per heavy atom. The van der Waals surface area contributed by atoms with Crippen LogP contribution in [0, 0.1) is 0 Å². The van der Waals surface area contributed by atoms with E-state index in [1.807, 2.05) is 23.2 Å². The van der Waals surface area contributed by atoms with Gasteiger partial charge >= 0.3 is 0 Å². The smallest absolute Gasteiger partial charge is 0.222 e. The molecule has 0 bridgehead atoms. The number of anilines is 2. The zero-order valence-electron chi connectivity index (χ0n) is 9.93. The minimum Gasteiger partial charge on any atom is -0.368 e. The van der Waals surface area contributed by atoms with Gasteiger partial charge in [0.2, 0.25) is 5.95 Å². The minimum atomic E-state index is 0.331. The first kappa shape index (κ1) is 12.4. The third-order valence-corrected chi connectivity index (χ3v) is 4.17. The maximum atomic E-state index is 5.71. The molecule has 6 heteroatoms. The molecule has 3 N–H and O–H groups in total. The first-order valence-electron chi connectivity index (χ1n) is 5.50. The van der Waals surface area contributed by atoms with E-state index in [0.29, 0.717) is 12.0 Å². The topological polar surface area (TPSA) is 63.8 Å². The molecule has 0 fully saturated rings. The summed E-state index contributed by atoms with van der Waals surface area (Å²) in [5.41, 5.74) is 6.63. The molecule has 0 aliphatic heterocycles. The van der Waals surface area contributed by atoms with Gasteiger partial charge in [-0.3, -0.25) is 0 Å². The summed E-state index contributed by atoms with van der Waals surface area (Å²) in [5.74, 6) is 2.26. The summed E-state index contributed by atoms with van der Waals surface area (Å²) in [6.45, 7) is 2.17. The average molecular weight is 268 g/mol. The molecule has 0 amide bonds. The number of nitrogens with one attached hydrogen (secondary N) is 1. The zero-order chi connectivity index (χ0) is 12.3. The lowest BCUT2D eigenvalue weighted by atomic mass is 10.2. The Kier molecular flexibility index (Phi) is 4.06. The number of fused-ring (bicyclic) bond motifs is 1. The molecule has 92 valence electrons. The van der Waals surface area contributed by atoms with Crippen LogP contribution in [0.2, 0.25) is 0 Å². The molecule has 0 aliphatic rings. The van der Waals surface area contributed by atoms with Gasteiger partial charge in [-0.05, 0) is 24.1 Å². The third-order valence-electron chi connectivity index (χ3n) is 2.52. The molecule has 17 heavy (non-hydrogen) atoms. The van der Waals surface area contributed by atoms with Crippen LogP contribution < -0.4 is 11.1 Å². The summed E-state index contributed by atoms with van der Waals surface area (Å²) in [7, 11) is 0. The monoisotopic (exact) mass is 268 g/mol. The lowest BCUT2D eigenvalue weighted by molar-refractivity contribution is 0.771. The number of nitrogens with zero attached hydrogens (tertiary/aromatic N) is 2. The van der Waals surface area contributed by atoms with Crippen molar-refractivity contribution in [2.45, 2.75) is 19.4 Å². The molecular weight excluding hydrogens is 252 g/mol. The van der Waals surface area contributed by atoms with Crippen LogP contribution in [0.5, 0.6) is 0 Å². The van der Waals surface area contributed by atoms with Crippen LogP contribution in [0.1, 0.15) is 13.3 Å². The van der Waals surface area contributed by atoms with Gasteiger partial charge in [0, 0.05) is 11.8 Å². The number of thiophene rings is 1. The number of hydrogen-bond donors (Lipinski definition) is 2. The average Bonchev–Trinajstić information content (AvgIpc) is 2.76. The van der Waals surface area contributed by atoms with Gasteiger partial charge in [0.15, 0.2) is 0 Å². The molecule has 2 heterocycles. The summed E-state index contributed by atoms with van der Waals surface area (Å²) < 4.78 is 1.08. The second kappa shape index (κ2) is 5.55. The highest BCUT2D eigenvalue weighted by Crippen LogP contribution is 2.27. The summed E-state index contributed by atoms with van der Waals surface area (Å²) in [6, 6.07) is 2.39. The van der Waals surface area contributed by atoms with E-state index in [1.54, 1.807) is 11.3 Å². The van der Waals surface area contributed by atoms with Crippen LogP contribution in [-0.2, 0) is 0 Å². The molecule has 0 aliphatic carbocycles. The quantitative estimate of drug-likeness (QED) is 0.873. The largest absolute Gasteiger partial charge is 0.368 e. The van der Waals surface area contributed by atoms with Crippen molar-refractivity contribution in [1.82, 2.24) is 9.97 Å². The van der Waals surface area contributed by atoms with Gasteiger partial charge in [0.1, 0.15) is 5.82 Å². The summed E-state index contributed by atoms with van der Waals surface area (Å²) in [6.07, 6.45) is 3.18. The second-order valence-corrected chi connectivity index (χ2v) is 5.60. The van der Waals surface area contributed by atoms with Crippen LogP contribution in [0.3, 0.4) is 0 Å². The number of hydrogen-bond acceptors (Lipinski definition) is 6. The summed E-state index contributed by atoms with van der Waals surface area (Å²) in [4.78, 5) is 8.51. The van der Waals surface area contributed by atoms with E-state index in [-0.39, 0.29) is 0 Å². The van der Waals surface area contributed by atoms with Gasteiger partial charge in [0.05, 0.1) is 10.2 Å². The number of aromatic nitrogens is 2. The van der Waals surface area contributed by atoms with Gasteiger partial charge < -0.3 is 11.1 Å². The van der Waals surface area contributed by atoms with Gasteiger partial charge in [-0.15, -0.1) is 11.3 Å². The Labute approximate surface area is 109 Å². The van der Waals surface area contributed by atoms with Gasteiger partial charge in [0.25, 0.3) is 0 Å². The summed E-state index contributed by atoms with van der Waals surface area (Å²) >= 11 is 3.47. The van der Waals surface area contributed by atoms with E-state index in [0.717, 1.165) is 28.2 Å². The van der Waals surface area contributed by atoms with Crippen LogP contribution >= 0.6 is 23.1 Å². The minimum absolute atomic E-state index is 0.331. The maximum absolute atomic E-state index is 5.71. The molecule has 1 unspecified atom stereocenters. The van der Waals surface area contributed by atoms with E-state index >= 15 is 0 Å². The van der Waals surface area contributed by atoms with Gasteiger partial charge in [-0.25, -0.2) is 4.98 Å². The predicted molar refractivity (Wildman–Crippen MR) is 77.9 cm³/mol. The number of thioether (sulfide) groups is 1. The molecule has 0 saturated heterocycles. The van der Waals surface area contributed by atoms with E-state index < -0.39 is 0 Å². The van der Waals surface area contributed by atoms with Crippen molar-refractivity contribution < 1.29 is 0 Å². The molecule has 1 atom stereocenters. The molecule has 2 aromatic rings. The van der Waals surface area contributed by atoms with Crippen molar-refractivity contribution in [1.29, 1.82) is 0 Å². The fourth-order valence-corrected chi connectivity index (χ4v) is 3.14. The first-order chi connectivity index (χ1) is 8.24. The van der Waals surface area contributed by atoms with Crippen LogP contribution in [0.15, 0.2) is 11.4 Å². The highest BCUT2D eigenvalue weighted by Gasteiger charge is 2.11. The molecular formula is C11H16N4S2. The number of nitrogen functional groups attached to an aromatic ring is 1. The molecule has 0 spiro atoms. The Hall–Kier alpha value is -1.01. The highest BCUT2D eigenvalue weighted by molar-refractivity contribution is 7.98. The van der Waals surface area contributed by atoms with E-state index in [1.165, 1.54) is 0 Å². The zero-order valence-corrected chi connectivity index (χ0v) is 11.6. The predicted octanol–water partition coefficient (Wildman–Crippen LogP) is 2.83. The van der Waals surface area contributed by atoms with E-state index in [9.17, 15) is 0 Å². The Balaban J connectivity index is 2.30. The van der Waals surface area contributed by atoms with Crippen LogP contribution in [0.4, 0.5) is 11.8 Å². The third kappa shape index (κ3) is 2.81. The molecule has 0 radical (unpaired) electrons. The SMILES string of the molecule is CCC(CSC)Nc1nc(N)nc2ccsc12. The standard InChI is InChI=1S/C11H16N4S2/c1-3-7(6-16-2)13-10-9-8(4-5-17-9)14-11(12)15-10/h4-5,7H,3,6H2,1-2H3,(H3,12,13,14,15). The first-order valence-corrected chi connectivity index (χ1v) is 7.78. The van der Waals surface area contributed by atoms with Gasteiger partial charge in [-0.1, -0.05) is 6.92 Å². The van der Waals surface area contributed by atoms with Crippen molar-refractivity contribution in [2.75, 3.05) is 23.1 Å². The van der Waals surface area contributed by atoms with Crippen LogP contribution in [-0.4, -0.2) is 28.0 Å². The van der Waals surface area contributed by atoms with Crippen molar-refractivity contribution in [2.24, 2.45) is 0 Å². The Bertz CT molecular complexity index is 497. The number of nitrogens with two attached hydrogens (primary N) is 1. The fraction of sp³-hybridized carbons (Fsp3) is 0.455. The molecule has 0 saturated carbocycles. The molecule has 4 nitrogen and oxygen atoms in total. The molecule has 0 aromatic carbocycles. The Morgan fingerprint density at radius 3 is 3.06 bits per heavy atom. The molecule has 2 aromatic heterocycles. The maximum Gasteiger partial charge on any atom is 0.222 e. The van der Waals surface area contributed by atoms with Crippen LogP contribution in [0.25, 0.3) is 10.2 Å². The van der Waals surface area contributed by atoms with Crippen molar-refractivity contribution in [3.8, 4) is 0 Å². The summed E-state index contributed by atoms with van der Waals surface area (Å²) in [5, 5.41) is 5.47. The van der Waals surface area contributed by atoms with E-state index in [4.69, 9.17) is 5.73 Å². The molecule has 2 rings (SSSR count). The highest BCUT2D eigenvalue weighted by atomic mass is 32.2. The normalized spacial score (nSPS) is 12.8. The Morgan fingerprint density at radius 2 is 2.35 bits per heavy atom. The lowest BCUT2D eigenvalue weighted by Crippen LogP contribution is -2.22. The van der Waals surface area contributed by atoms with E-state index in [2.05, 4.69) is 28.5 Å². The van der Waals surface area contributed by atoms with Crippen molar-refractivity contribution >= 4 is 45.1 Å². The fourth-order valence-electron chi connectivity index (χ4n) is 1.64. The van der Waals surface area contributed by atoms with Crippen molar-refractivity contribution in [3.05, 3.63) is 11.4 Å². The second-order valence-electron chi connectivity index (χ2n) is 3.77. The van der Waals surface area contributed by atoms with Crippen molar-refractivity contribution in [3.63, 3.8) is 0 Å². The number of rotatable bonds is 5. The lowest BCUT2D eigenvalue weighted by Gasteiger charge is -2.16.